The average molecular weight is 343 g/mol. The number of aryl methyl sites for hydroxylation is 1. The minimum Gasteiger partial charge on any atom is -0.353 e. The molecule has 126 valence electrons. The fourth-order valence-electron chi connectivity index (χ4n) is 2.85. The molecule has 0 unspecified atom stereocenters. The van der Waals surface area contributed by atoms with Crippen LogP contribution in [0.3, 0.4) is 0 Å². The molecule has 1 aliphatic carbocycles. The molecule has 0 bridgehead atoms. The maximum absolute atomic E-state index is 12.1. The van der Waals surface area contributed by atoms with Crippen LogP contribution >= 0.6 is 11.3 Å². The molecule has 0 atom stereocenters. The van der Waals surface area contributed by atoms with Crippen LogP contribution in [-0.4, -0.2) is 22.8 Å². The highest BCUT2D eigenvalue weighted by Gasteiger charge is 2.17. The summed E-state index contributed by atoms with van der Waals surface area (Å²) in [5.74, 6) is -0.0831. The Bertz CT molecular complexity index is 693. The van der Waals surface area contributed by atoms with Gasteiger partial charge in [0, 0.05) is 23.4 Å². The minimum absolute atomic E-state index is 0.0878. The maximum Gasteiger partial charge on any atom is 0.257 e. The lowest BCUT2D eigenvalue weighted by Crippen LogP contribution is -2.32. The number of carbonyl (C=O) groups is 2. The van der Waals surface area contributed by atoms with Crippen LogP contribution in [0.1, 0.15) is 48.2 Å². The highest BCUT2D eigenvalue weighted by molar-refractivity contribution is 7.14. The van der Waals surface area contributed by atoms with Crippen molar-refractivity contribution in [2.24, 2.45) is 0 Å². The number of hydrogen-bond acceptors (Lipinski definition) is 4. The van der Waals surface area contributed by atoms with E-state index in [1.54, 1.807) is 12.1 Å². The van der Waals surface area contributed by atoms with Crippen molar-refractivity contribution in [3.05, 3.63) is 47.0 Å². The van der Waals surface area contributed by atoms with E-state index < -0.39 is 0 Å². The van der Waals surface area contributed by atoms with Crippen LogP contribution < -0.4 is 10.6 Å². The summed E-state index contributed by atoms with van der Waals surface area (Å²) in [5, 5.41) is 8.33. The van der Waals surface area contributed by atoms with E-state index in [2.05, 4.69) is 15.6 Å². The first-order valence-electron chi connectivity index (χ1n) is 8.31. The van der Waals surface area contributed by atoms with Gasteiger partial charge in [-0.25, -0.2) is 4.98 Å². The SMILES string of the molecule is O=C(CCc1csc(NC(=O)c2ccccc2)n1)NC1CCCC1. The Balaban J connectivity index is 1.46. The molecule has 2 amide bonds. The molecule has 2 N–H and O–H groups in total. The first kappa shape index (κ1) is 16.6. The van der Waals surface area contributed by atoms with E-state index in [-0.39, 0.29) is 11.8 Å². The van der Waals surface area contributed by atoms with Gasteiger partial charge in [-0.1, -0.05) is 31.0 Å². The lowest BCUT2D eigenvalue weighted by Gasteiger charge is -2.11. The largest absolute Gasteiger partial charge is 0.353 e. The topological polar surface area (TPSA) is 71.1 Å². The summed E-state index contributed by atoms with van der Waals surface area (Å²) in [6, 6.07) is 9.40. The quantitative estimate of drug-likeness (QED) is 0.844. The van der Waals surface area contributed by atoms with Gasteiger partial charge in [-0.15, -0.1) is 11.3 Å². The molecule has 3 rings (SSSR count). The first-order valence-corrected chi connectivity index (χ1v) is 9.19. The van der Waals surface area contributed by atoms with Crippen LogP contribution in [-0.2, 0) is 11.2 Å². The van der Waals surface area contributed by atoms with Crippen LogP contribution in [0.2, 0.25) is 0 Å². The molecule has 0 radical (unpaired) electrons. The highest BCUT2D eigenvalue weighted by atomic mass is 32.1. The zero-order chi connectivity index (χ0) is 16.8. The van der Waals surface area contributed by atoms with Crippen molar-refractivity contribution >= 4 is 28.3 Å². The number of aromatic nitrogens is 1. The van der Waals surface area contributed by atoms with E-state index in [1.165, 1.54) is 24.2 Å². The smallest absolute Gasteiger partial charge is 0.257 e. The Morgan fingerprint density at radius 1 is 1.17 bits per heavy atom. The van der Waals surface area contributed by atoms with Gasteiger partial charge in [0.25, 0.3) is 5.91 Å². The summed E-state index contributed by atoms with van der Waals surface area (Å²) in [5.41, 5.74) is 1.44. The molecule has 24 heavy (non-hydrogen) atoms. The predicted molar refractivity (Wildman–Crippen MR) is 95.2 cm³/mol. The van der Waals surface area contributed by atoms with Crippen LogP contribution in [0, 0.1) is 0 Å². The Hall–Kier alpha value is -2.21. The van der Waals surface area contributed by atoms with Crippen molar-refractivity contribution in [1.82, 2.24) is 10.3 Å². The average Bonchev–Trinajstić information content (AvgIpc) is 3.26. The predicted octanol–water partition coefficient (Wildman–Crippen LogP) is 3.39. The number of thiazole rings is 1. The van der Waals surface area contributed by atoms with Crippen LogP contribution in [0.25, 0.3) is 0 Å². The van der Waals surface area contributed by atoms with Gasteiger partial charge in [0.2, 0.25) is 5.91 Å². The number of benzene rings is 1. The summed E-state index contributed by atoms with van der Waals surface area (Å²) in [6.45, 7) is 0. The summed E-state index contributed by atoms with van der Waals surface area (Å²) >= 11 is 1.38. The number of hydrogen-bond donors (Lipinski definition) is 2. The van der Waals surface area contributed by atoms with E-state index >= 15 is 0 Å². The normalized spacial score (nSPS) is 14.5. The molecule has 2 aromatic rings. The fraction of sp³-hybridized carbons (Fsp3) is 0.389. The van der Waals surface area contributed by atoms with Crippen molar-refractivity contribution in [1.29, 1.82) is 0 Å². The molecule has 6 heteroatoms. The molecule has 1 fully saturated rings. The van der Waals surface area contributed by atoms with E-state index in [9.17, 15) is 9.59 Å². The number of nitrogens with one attached hydrogen (secondary N) is 2. The fourth-order valence-corrected chi connectivity index (χ4v) is 3.59. The number of amides is 2. The molecule has 1 saturated carbocycles. The first-order chi connectivity index (χ1) is 11.7. The van der Waals surface area contributed by atoms with Gasteiger partial charge in [0.15, 0.2) is 5.13 Å². The standard InChI is InChI=1S/C18H21N3O2S/c22-16(19-14-8-4-5-9-14)11-10-15-12-24-18(20-15)21-17(23)13-6-2-1-3-7-13/h1-3,6-7,12,14H,4-5,8-11H2,(H,19,22)(H,20,21,23). The molecule has 1 aromatic carbocycles. The maximum atomic E-state index is 12.1. The van der Waals surface area contributed by atoms with Gasteiger partial charge in [-0.05, 0) is 31.4 Å². The Labute approximate surface area is 145 Å². The molecule has 0 saturated heterocycles. The molecule has 1 heterocycles. The van der Waals surface area contributed by atoms with Gasteiger partial charge in [-0.3, -0.25) is 14.9 Å². The van der Waals surface area contributed by atoms with E-state index in [4.69, 9.17) is 0 Å². The second kappa shape index (κ2) is 8.06. The molecule has 1 aromatic heterocycles. The van der Waals surface area contributed by atoms with Gasteiger partial charge < -0.3 is 5.32 Å². The van der Waals surface area contributed by atoms with Crippen LogP contribution in [0.5, 0.6) is 0 Å². The van der Waals surface area contributed by atoms with Crippen molar-refractivity contribution in [2.75, 3.05) is 5.32 Å². The van der Waals surface area contributed by atoms with Crippen molar-refractivity contribution in [3.8, 4) is 0 Å². The van der Waals surface area contributed by atoms with Gasteiger partial charge in [0.1, 0.15) is 0 Å². The van der Waals surface area contributed by atoms with E-state index in [1.807, 2.05) is 23.6 Å². The van der Waals surface area contributed by atoms with Gasteiger partial charge in [-0.2, -0.15) is 0 Å². The second-order valence-electron chi connectivity index (χ2n) is 6.01. The number of rotatable bonds is 6. The van der Waals surface area contributed by atoms with Crippen molar-refractivity contribution in [3.63, 3.8) is 0 Å². The molecule has 1 aliphatic rings. The van der Waals surface area contributed by atoms with Crippen LogP contribution in [0.15, 0.2) is 35.7 Å². The highest BCUT2D eigenvalue weighted by Crippen LogP contribution is 2.19. The third kappa shape index (κ3) is 4.64. The zero-order valence-electron chi connectivity index (χ0n) is 13.5. The van der Waals surface area contributed by atoms with E-state index in [0.29, 0.717) is 29.6 Å². The lowest BCUT2D eigenvalue weighted by molar-refractivity contribution is -0.121. The Morgan fingerprint density at radius 2 is 1.92 bits per heavy atom. The van der Waals surface area contributed by atoms with Crippen molar-refractivity contribution in [2.45, 2.75) is 44.6 Å². The minimum atomic E-state index is -0.171. The van der Waals surface area contributed by atoms with Crippen LogP contribution in [0.4, 0.5) is 5.13 Å². The number of nitrogens with zero attached hydrogens (tertiary/aromatic N) is 1. The Kier molecular flexibility index (Phi) is 5.59. The van der Waals surface area contributed by atoms with Crippen molar-refractivity contribution < 1.29 is 9.59 Å². The second-order valence-corrected chi connectivity index (χ2v) is 6.87. The van der Waals surface area contributed by atoms with Gasteiger partial charge >= 0.3 is 0 Å². The zero-order valence-corrected chi connectivity index (χ0v) is 14.3. The van der Waals surface area contributed by atoms with Gasteiger partial charge in [0.05, 0.1) is 5.69 Å². The molecule has 0 aliphatic heterocycles. The summed E-state index contributed by atoms with van der Waals surface area (Å²) in [7, 11) is 0. The Morgan fingerprint density at radius 3 is 2.67 bits per heavy atom. The van der Waals surface area contributed by atoms with E-state index in [0.717, 1.165) is 18.5 Å². The molecule has 5 nitrogen and oxygen atoms in total. The third-order valence-corrected chi connectivity index (χ3v) is 4.94. The summed E-state index contributed by atoms with van der Waals surface area (Å²) < 4.78 is 0. The summed E-state index contributed by atoms with van der Waals surface area (Å²) in [4.78, 5) is 28.4. The molecular weight excluding hydrogens is 322 g/mol. The summed E-state index contributed by atoms with van der Waals surface area (Å²) in [6.07, 6.45) is 5.64. The molecular formula is C18H21N3O2S. The molecule has 0 spiro atoms. The lowest BCUT2D eigenvalue weighted by atomic mass is 10.2. The third-order valence-electron chi connectivity index (χ3n) is 4.14. The number of carbonyl (C=O) groups excluding carboxylic acids is 2. The monoisotopic (exact) mass is 343 g/mol. The number of anilines is 1.